The molecule has 1 fully saturated rings. The highest BCUT2D eigenvalue weighted by Gasteiger charge is 2.25. The van der Waals surface area contributed by atoms with Crippen molar-refractivity contribution in [1.82, 2.24) is 29.6 Å². The topological polar surface area (TPSA) is 92.2 Å². The van der Waals surface area contributed by atoms with Gasteiger partial charge in [-0.1, -0.05) is 12.1 Å². The number of hydrogen-bond acceptors (Lipinski definition) is 6. The molecule has 3 aromatic heterocycles. The van der Waals surface area contributed by atoms with Crippen LogP contribution in [-0.2, 0) is 18.3 Å². The zero-order chi connectivity index (χ0) is 24.6. The Morgan fingerprint density at radius 3 is 2.54 bits per heavy atom. The molecule has 5 rings (SSSR count). The molecule has 1 aliphatic heterocycles. The van der Waals surface area contributed by atoms with Gasteiger partial charge in [0, 0.05) is 51.9 Å². The normalized spacial score (nSPS) is 14.5. The number of nitrogens with zero attached hydrogens (tertiary/aromatic N) is 6. The van der Waals surface area contributed by atoms with E-state index in [1.807, 2.05) is 24.2 Å². The Balaban J connectivity index is 1.22. The Kier molecular flexibility index (Phi) is 5.83. The number of carbonyl (C=O) groups is 1. The number of benzene rings is 1. The number of aromatic amines is 1. The lowest BCUT2D eigenvalue weighted by Crippen LogP contribution is -2.49. The van der Waals surface area contributed by atoms with Crippen LogP contribution in [0.4, 0.5) is 14.6 Å². The Bertz CT molecular complexity index is 1340. The number of H-pyrrole nitrogens is 1. The molecule has 1 aromatic carbocycles. The van der Waals surface area contributed by atoms with Crippen LogP contribution in [0.1, 0.15) is 12.5 Å². The van der Waals surface area contributed by atoms with Crippen LogP contribution in [0.25, 0.3) is 22.3 Å². The molecule has 35 heavy (non-hydrogen) atoms. The molecule has 1 N–H and O–H groups in total. The van der Waals surface area contributed by atoms with Crippen LogP contribution in [0.5, 0.6) is 5.75 Å². The van der Waals surface area contributed by atoms with Crippen LogP contribution < -0.4 is 9.64 Å². The van der Waals surface area contributed by atoms with Crippen molar-refractivity contribution in [1.29, 1.82) is 0 Å². The van der Waals surface area contributed by atoms with Crippen molar-refractivity contribution in [3.63, 3.8) is 0 Å². The Morgan fingerprint density at radius 1 is 1.14 bits per heavy atom. The number of nitrogens with one attached hydrogen (secondary N) is 1. The molecule has 1 amide bonds. The Labute approximate surface area is 200 Å². The van der Waals surface area contributed by atoms with Gasteiger partial charge in [-0.25, -0.2) is 9.97 Å². The highest BCUT2D eigenvalue weighted by molar-refractivity contribution is 5.92. The van der Waals surface area contributed by atoms with Crippen molar-refractivity contribution in [3.8, 4) is 17.0 Å². The summed E-state index contributed by atoms with van der Waals surface area (Å²) < 4.78 is 32.2. The van der Waals surface area contributed by atoms with E-state index < -0.39 is 6.11 Å². The third-order valence-electron chi connectivity index (χ3n) is 5.93. The number of hydrogen-bond donors (Lipinski definition) is 1. The summed E-state index contributed by atoms with van der Waals surface area (Å²) >= 11 is 0. The van der Waals surface area contributed by atoms with Crippen LogP contribution in [0.15, 0.2) is 49.1 Å². The number of carbonyl (C=O) groups excluding carboxylic acids is 1. The first-order chi connectivity index (χ1) is 16.7. The predicted molar refractivity (Wildman–Crippen MR) is 126 cm³/mol. The zero-order valence-electron chi connectivity index (χ0n) is 19.4. The average Bonchev–Trinajstić information content (AvgIpc) is 3.45. The molecule has 182 valence electrons. The van der Waals surface area contributed by atoms with Crippen molar-refractivity contribution in [2.45, 2.75) is 19.5 Å². The van der Waals surface area contributed by atoms with E-state index in [0.29, 0.717) is 33.1 Å². The molecule has 0 atom stereocenters. The van der Waals surface area contributed by atoms with Gasteiger partial charge < -0.3 is 19.5 Å². The fourth-order valence-electron chi connectivity index (χ4n) is 4.23. The molecule has 0 aliphatic carbocycles. The largest absolute Gasteiger partial charge is 0.433 e. The quantitative estimate of drug-likeness (QED) is 0.455. The Morgan fingerprint density at radius 2 is 1.89 bits per heavy atom. The summed E-state index contributed by atoms with van der Waals surface area (Å²) in [6.07, 6.45) is 2.23. The number of piperazine rings is 1. The standard InChI is InChI=1S/C24H25F2N7O2/c1-24(25,26)35-18-5-3-16(4-6-18)11-21(34)32-7-9-33(10-8-32)23-19-12-20(17-13-29-31(2)14-17)30-22(19)27-15-28-23/h3-6,12-15H,7-11H2,1-2H3,(H,27,28,30). The second-order valence-corrected chi connectivity index (χ2v) is 8.64. The van der Waals surface area contributed by atoms with Gasteiger partial charge in [-0.3, -0.25) is 9.48 Å². The van der Waals surface area contributed by atoms with Gasteiger partial charge in [0.05, 0.1) is 23.7 Å². The molecule has 1 saturated heterocycles. The molecule has 4 heterocycles. The molecule has 11 heteroatoms. The smallest absolute Gasteiger partial charge is 0.394 e. The number of aryl methyl sites for hydroxylation is 1. The van der Waals surface area contributed by atoms with E-state index in [2.05, 4.69) is 29.7 Å². The van der Waals surface area contributed by atoms with E-state index >= 15 is 0 Å². The lowest BCUT2D eigenvalue weighted by atomic mass is 10.1. The zero-order valence-corrected chi connectivity index (χ0v) is 19.4. The first kappa shape index (κ1) is 22.8. The van der Waals surface area contributed by atoms with Gasteiger partial charge in [-0.05, 0) is 23.8 Å². The molecule has 0 radical (unpaired) electrons. The molecule has 0 spiro atoms. The first-order valence-corrected chi connectivity index (χ1v) is 11.3. The van der Waals surface area contributed by atoms with Crippen molar-refractivity contribution < 1.29 is 18.3 Å². The number of rotatable bonds is 6. The number of amides is 1. The van der Waals surface area contributed by atoms with Gasteiger partial charge in [0.1, 0.15) is 23.5 Å². The van der Waals surface area contributed by atoms with Crippen molar-refractivity contribution in [2.24, 2.45) is 7.05 Å². The van der Waals surface area contributed by atoms with Crippen LogP contribution in [0.3, 0.4) is 0 Å². The second kappa shape index (κ2) is 8.97. The minimum Gasteiger partial charge on any atom is -0.433 e. The molecular formula is C24H25F2N7O2. The summed E-state index contributed by atoms with van der Waals surface area (Å²) in [5.41, 5.74) is 3.38. The average molecular weight is 482 g/mol. The number of anilines is 1. The number of alkyl halides is 2. The van der Waals surface area contributed by atoms with Gasteiger partial charge >= 0.3 is 6.11 Å². The number of aromatic nitrogens is 5. The number of halogens is 2. The van der Waals surface area contributed by atoms with Gasteiger partial charge in [0.15, 0.2) is 0 Å². The van der Waals surface area contributed by atoms with E-state index in [9.17, 15) is 13.6 Å². The molecule has 0 bridgehead atoms. The van der Waals surface area contributed by atoms with Crippen LogP contribution in [0, 0.1) is 0 Å². The number of ether oxygens (including phenoxy) is 1. The lowest BCUT2D eigenvalue weighted by molar-refractivity contribution is -0.159. The van der Waals surface area contributed by atoms with E-state index in [1.165, 1.54) is 12.1 Å². The molecule has 4 aromatic rings. The maximum Gasteiger partial charge on any atom is 0.394 e. The predicted octanol–water partition coefficient (Wildman–Crippen LogP) is 3.24. The molecule has 0 unspecified atom stereocenters. The van der Waals surface area contributed by atoms with E-state index in [4.69, 9.17) is 0 Å². The maximum absolute atomic E-state index is 13.0. The van der Waals surface area contributed by atoms with Crippen molar-refractivity contribution >= 4 is 22.8 Å². The number of fused-ring (bicyclic) bond motifs is 1. The van der Waals surface area contributed by atoms with Crippen LogP contribution in [0.2, 0.25) is 0 Å². The first-order valence-electron chi connectivity index (χ1n) is 11.3. The van der Waals surface area contributed by atoms with Gasteiger partial charge in [-0.2, -0.15) is 13.9 Å². The molecule has 0 saturated carbocycles. The fourth-order valence-corrected chi connectivity index (χ4v) is 4.23. The molecule has 1 aliphatic rings. The summed E-state index contributed by atoms with van der Waals surface area (Å²) in [6, 6.07) is 8.21. The SMILES string of the molecule is Cn1cc(-c2cc3c(N4CCN(C(=O)Cc5ccc(OC(C)(F)F)cc5)CC4)ncnc3[nH]2)cn1. The maximum atomic E-state index is 13.0. The molecule has 9 nitrogen and oxygen atoms in total. The van der Waals surface area contributed by atoms with Crippen molar-refractivity contribution in [2.75, 3.05) is 31.1 Å². The summed E-state index contributed by atoms with van der Waals surface area (Å²) in [7, 11) is 1.87. The Hall–Kier alpha value is -4.02. The third kappa shape index (κ3) is 5.08. The molecular weight excluding hydrogens is 456 g/mol. The second-order valence-electron chi connectivity index (χ2n) is 8.64. The van der Waals surface area contributed by atoms with Gasteiger partial charge in [-0.15, -0.1) is 0 Å². The lowest BCUT2D eigenvalue weighted by Gasteiger charge is -2.35. The minimum atomic E-state index is -3.24. The summed E-state index contributed by atoms with van der Waals surface area (Å²) in [4.78, 5) is 29.0. The van der Waals surface area contributed by atoms with Crippen LogP contribution in [-0.4, -0.2) is 67.8 Å². The minimum absolute atomic E-state index is 0.00696. The van der Waals surface area contributed by atoms with E-state index in [0.717, 1.165) is 33.7 Å². The fraction of sp³-hybridized carbons (Fsp3) is 0.333. The monoisotopic (exact) mass is 481 g/mol. The van der Waals surface area contributed by atoms with Crippen molar-refractivity contribution in [3.05, 3.63) is 54.6 Å². The summed E-state index contributed by atoms with van der Waals surface area (Å²) in [5, 5.41) is 5.15. The highest BCUT2D eigenvalue weighted by atomic mass is 19.3. The highest BCUT2D eigenvalue weighted by Crippen LogP contribution is 2.29. The van der Waals surface area contributed by atoms with E-state index in [1.54, 1.807) is 29.3 Å². The summed E-state index contributed by atoms with van der Waals surface area (Å²) in [6.45, 7) is 3.10. The summed E-state index contributed by atoms with van der Waals surface area (Å²) in [5.74, 6) is 0.888. The van der Waals surface area contributed by atoms with E-state index in [-0.39, 0.29) is 18.1 Å². The van der Waals surface area contributed by atoms with Gasteiger partial charge in [0.25, 0.3) is 0 Å². The van der Waals surface area contributed by atoms with Gasteiger partial charge in [0.2, 0.25) is 5.91 Å². The van der Waals surface area contributed by atoms with Crippen LogP contribution >= 0.6 is 0 Å². The third-order valence-corrected chi connectivity index (χ3v) is 5.93.